The molecule has 0 radical (unpaired) electrons. The van der Waals surface area contributed by atoms with Crippen molar-refractivity contribution in [3.63, 3.8) is 0 Å². The first-order valence-electron chi connectivity index (χ1n) is 8.98. The van der Waals surface area contributed by atoms with Gasteiger partial charge in [-0.25, -0.2) is 14.6 Å². The van der Waals surface area contributed by atoms with E-state index in [9.17, 15) is 4.79 Å². The van der Waals surface area contributed by atoms with Crippen molar-refractivity contribution in [2.75, 3.05) is 11.9 Å². The van der Waals surface area contributed by atoms with Gasteiger partial charge in [-0.15, -0.1) is 0 Å². The van der Waals surface area contributed by atoms with Crippen LogP contribution in [0.25, 0.3) is 5.69 Å². The van der Waals surface area contributed by atoms with E-state index in [1.807, 2.05) is 43.7 Å². The SMILES string of the molecule is CCNc1ncc(C(=O)NC(C)c2cnn(-c3ccccc3C)c2C)cn1. The average molecular weight is 364 g/mol. The molecule has 0 bridgehead atoms. The van der Waals surface area contributed by atoms with Gasteiger partial charge in [0.05, 0.1) is 23.5 Å². The summed E-state index contributed by atoms with van der Waals surface area (Å²) in [5.41, 5.74) is 4.57. The maximum atomic E-state index is 12.5. The third kappa shape index (κ3) is 3.97. The van der Waals surface area contributed by atoms with Crippen LogP contribution in [-0.2, 0) is 0 Å². The van der Waals surface area contributed by atoms with Gasteiger partial charge in [0.1, 0.15) is 0 Å². The lowest BCUT2D eigenvalue weighted by Gasteiger charge is -2.14. The van der Waals surface area contributed by atoms with Gasteiger partial charge >= 0.3 is 0 Å². The van der Waals surface area contributed by atoms with Crippen molar-refractivity contribution in [3.05, 3.63) is 65.2 Å². The number of aryl methyl sites for hydroxylation is 1. The highest BCUT2D eigenvalue weighted by molar-refractivity contribution is 5.93. The molecule has 0 saturated heterocycles. The first kappa shape index (κ1) is 18.6. The van der Waals surface area contributed by atoms with Crippen molar-refractivity contribution >= 4 is 11.9 Å². The largest absolute Gasteiger partial charge is 0.355 e. The molecule has 0 aliphatic carbocycles. The minimum Gasteiger partial charge on any atom is -0.355 e. The summed E-state index contributed by atoms with van der Waals surface area (Å²) >= 11 is 0. The van der Waals surface area contributed by atoms with Gasteiger partial charge in [-0.2, -0.15) is 5.10 Å². The standard InChI is InChI=1S/C20H24N6O/c1-5-21-20-22-10-16(11-23-20)19(27)25-14(3)17-12-24-26(15(17)4)18-9-7-6-8-13(18)2/h6-12,14H,5H2,1-4H3,(H,25,27)(H,21,22,23). The highest BCUT2D eigenvalue weighted by Gasteiger charge is 2.18. The Hall–Kier alpha value is -3.22. The van der Waals surface area contributed by atoms with Crippen molar-refractivity contribution in [2.45, 2.75) is 33.7 Å². The van der Waals surface area contributed by atoms with Crippen molar-refractivity contribution in [1.29, 1.82) is 0 Å². The van der Waals surface area contributed by atoms with Crippen LogP contribution in [0.2, 0.25) is 0 Å². The number of nitrogens with one attached hydrogen (secondary N) is 2. The summed E-state index contributed by atoms with van der Waals surface area (Å²) in [7, 11) is 0. The van der Waals surface area contributed by atoms with Gasteiger partial charge in [-0.1, -0.05) is 18.2 Å². The van der Waals surface area contributed by atoms with E-state index >= 15 is 0 Å². The van der Waals surface area contributed by atoms with Gasteiger partial charge in [-0.3, -0.25) is 4.79 Å². The van der Waals surface area contributed by atoms with Crippen molar-refractivity contribution in [2.24, 2.45) is 0 Å². The molecule has 7 heteroatoms. The summed E-state index contributed by atoms with van der Waals surface area (Å²) in [6, 6.07) is 7.89. The van der Waals surface area contributed by atoms with Crippen LogP contribution >= 0.6 is 0 Å². The lowest BCUT2D eigenvalue weighted by molar-refractivity contribution is 0.0939. The third-order valence-corrected chi connectivity index (χ3v) is 4.45. The normalized spacial score (nSPS) is 11.9. The molecule has 0 saturated carbocycles. The number of aromatic nitrogens is 4. The van der Waals surface area contributed by atoms with Gasteiger partial charge in [0, 0.05) is 30.2 Å². The zero-order valence-corrected chi connectivity index (χ0v) is 16.0. The fraction of sp³-hybridized carbons (Fsp3) is 0.300. The molecule has 2 heterocycles. The van der Waals surface area contributed by atoms with Crippen LogP contribution in [0.3, 0.4) is 0 Å². The molecule has 1 unspecified atom stereocenters. The number of carbonyl (C=O) groups excluding carboxylic acids is 1. The molecule has 7 nitrogen and oxygen atoms in total. The highest BCUT2D eigenvalue weighted by Crippen LogP contribution is 2.22. The fourth-order valence-electron chi connectivity index (χ4n) is 2.94. The maximum absolute atomic E-state index is 12.5. The van der Waals surface area contributed by atoms with E-state index in [2.05, 4.69) is 38.7 Å². The predicted octanol–water partition coefficient (Wildman–Crippen LogP) is 3.20. The third-order valence-electron chi connectivity index (χ3n) is 4.45. The molecule has 140 valence electrons. The molecule has 0 aliphatic heterocycles. The second-order valence-electron chi connectivity index (χ2n) is 6.40. The van der Waals surface area contributed by atoms with Crippen LogP contribution in [0.1, 0.15) is 47.1 Å². The number of carbonyl (C=O) groups is 1. The van der Waals surface area contributed by atoms with E-state index in [0.29, 0.717) is 11.5 Å². The Morgan fingerprint density at radius 1 is 1.15 bits per heavy atom. The summed E-state index contributed by atoms with van der Waals surface area (Å²) in [5.74, 6) is 0.297. The molecule has 0 aliphatic rings. The Morgan fingerprint density at radius 2 is 1.85 bits per heavy atom. The van der Waals surface area contributed by atoms with Crippen LogP contribution in [0.4, 0.5) is 5.95 Å². The second-order valence-corrected chi connectivity index (χ2v) is 6.40. The topological polar surface area (TPSA) is 84.7 Å². The number of hydrogen-bond donors (Lipinski definition) is 2. The van der Waals surface area contributed by atoms with Crippen LogP contribution in [-0.4, -0.2) is 32.2 Å². The van der Waals surface area contributed by atoms with Gasteiger partial charge in [0.2, 0.25) is 5.95 Å². The Morgan fingerprint density at radius 3 is 2.52 bits per heavy atom. The first-order chi connectivity index (χ1) is 13.0. The second kappa shape index (κ2) is 7.99. The number of amides is 1. The number of benzene rings is 1. The van der Waals surface area contributed by atoms with Crippen molar-refractivity contribution < 1.29 is 4.79 Å². The molecule has 0 fully saturated rings. The van der Waals surface area contributed by atoms with E-state index < -0.39 is 0 Å². The molecule has 2 N–H and O–H groups in total. The number of hydrogen-bond acceptors (Lipinski definition) is 5. The zero-order valence-electron chi connectivity index (χ0n) is 16.0. The summed E-state index contributed by atoms with van der Waals surface area (Å²) in [6.45, 7) is 8.69. The Bertz CT molecular complexity index is 932. The van der Waals surface area contributed by atoms with Crippen molar-refractivity contribution in [3.8, 4) is 5.69 Å². The van der Waals surface area contributed by atoms with Gasteiger partial charge < -0.3 is 10.6 Å². The Kier molecular flexibility index (Phi) is 5.49. The smallest absolute Gasteiger partial charge is 0.254 e. The maximum Gasteiger partial charge on any atom is 0.254 e. The minimum absolute atomic E-state index is 0.191. The van der Waals surface area contributed by atoms with Crippen molar-refractivity contribution in [1.82, 2.24) is 25.1 Å². The lowest BCUT2D eigenvalue weighted by Crippen LogP contribution is -2.27. The molecule has 2 aromatic heterocycles. The van der Waals surface area contributed by atoms with E-state index in [-0.39, 0.29) is 11.9 Å². The summed E-state index contributed by atoms with van der Waals surface area (Å²) in [6.07, 6.45) is 4.85. The molecule has 27 heavy (non-hydrogen) atoms. The molecule has 0 spiro atoms. The van der Waals surface area contributed by atoms with Gasteiger partial charge in [0.25, 0.3) is 5.91 Å². The van der Waals surface area contributed by atoms with Crippen LogP contribution in [0.5, 0.6) is 0 Å². The van der Waals surface area contributed by atoms with E-state index in [1.165, 1.54) is 12.4 Å². The zero-order chi connectivity index (χ0) is 19.4. The van der Waals surface area contributed by atoms with Crippen LogP contribution < -0.4 is 10.6 Å². The fourth-order valence-corrected chi connectivity index (χ4v) is 2.94. The quantitative estimate of drug-likeness (QED) is 0.702. The molecule has 1 atom stereocenters. The summed E-state index contributed by atoms with van der Waals surface area (Å²) < 4.78 is 1.90. The average Bonchev–Trinajstić information content (AvgIpc) is 3.04. The predicted molar refractivity (Wildman–Crippen MR) is 105 cm³/mol. The molecule has 3 aromatic rings. The molecule has 1 amide bonds. The lowest BCUT2D eigenvalue weighted by atomic mass is 10.1. The first-order valence-corrected chi connectivity index (χ1v) is 8.98. The Balaban J connectivity index is 1.75. The van der Waals surface area contributed by atoms with E-state index in [4.69, 9.17) is 0 Å². The number of nitrogens with zero attached hydrogens (tertiary/aromatic N) is 4. The van der Waals surface area contributed by atoms with E-state index in [1.54, 1.807) is 6.20 Å². The molecule has 1 aromatic carbocycles. The minimum atomic E-state index is -0.214. The number of anilines is 1. The van der Waals surface area contributed by atoms with Crippen LogP contribution in [0.15, 0.2) is 42.9 Å². The molecule has 3 rings (SSSR count). The summed E-state index contributed by atoms with van der Waals surface area (Å²) in [4.78, 5) is 20.8. The molecular weight excluding hydrogens is 340 g/mol. The Labute approximate surface area is 158 Å². The van der Waals surface area contributed by atoms with E-state index in [0.717, 1.165) is 29.1 Å². The highest BCUT2D eigenvalue weighted by atomic mass is 16.1. The number of rotatable bonds is 6. The monoisotopic (exact) mass is 364 g/mol. The van der Waals surface area contributed by atoms with Crippen LogP contribution in [0, 0.1) is 13.8 Å². The van der Waals surface area contributed by atoms with Gasteiger partial charge in [-0.05, 0) is 39.3 Å². The number of para-hydroxylation sites is 1. The van der Waals surface area contributed by atoms with Gasteiger partial charge in [0.15, 0.2) is 0 Å². The molecular formula is C20H24N6O. The summed E-state index contributed by atoms with van der Waals surface area (Å²) in [5, 5.41) is 10.5.